The van der Waals surface area contributed by atoms with Gasteiger partial charge in [0, 0.05) is 29.6 Å². The summed E-state index contributed by atoms with van der Waals surface area (Å²) in [6, 6.07) is 9.28. The van der Waals surface area contributed by atoms with E-state index >= 15 is 0 Å². The fraction of sp³-hybridized carbons (Fsp3) is 0.600. The summed E-state index contributed by atoms with van der Waals surface area (Å²) in [5, 5.41) is 12.5. The zero-order valence-electron chi connectivity index (χ0n) is 12.1. The number of aliphatic hydroxyl groups excluding tert-OH is 1. The van der Waals surface area contributed by atoms with Crippen molar-refractivity contribution in [1.29, 1.82) is 0 Å². The van der Waals surface area contributed by atoms with Crippen LogP contribution in [0.1, 0.15) is 31.9 Å². The standard InChI is InChI=1S/C15H25BrN2O/c1-12(2)18(10-11-19)9-8-15(17-3)13-4-6-14(16)7-5-13/h4-7,12,15,17,19H,8-11H2,1-3H3. The van der Waals surface area contributed by atoms with Gasteiger partial charge in [-0.2, -0.15) is 0 Å². The lowest BCUT2D eigenvalue weighted by molar-refractivity contribution is 0.160. The highest BCUT2D eigenvalue weighted by Crippen LogP contribution is 2.20. The van der Waals surface area contributed by atoms with Gasteiger partial charge in [-0.3, -0.25) is 4.90 Å². The molecule has 1 aromatic rings. The third-order valence-corrected chi connectivity index (χ3v) is 3.97. The Morgan fingerprint density at radius 3 is 2.32 bits per heavy atom. The van der Waals surface area contributed by atoms with E-state index in [1.54, 1.807) is 0 Å². The largest absolute Gasteiger partial charge is 0.395 e. The van der Waals surface area contributed by atoms with Crippen molar-refractivity contribution in [3.63, 3.8) is 0 Å². The zero-order chi connectivity index (χ0) is 14.3. The van der Waals surface area contributed by atoms with Gasteiger partial charge in [0.15, 0.2) is 0 Å². The monoisotopic (exact) mass is 328 g/mol. The maximum absolute atomic E-state index is 9.09. The third-order valence-electron chi connectivity index (χ3n) is 3.44. The number of hydrogen-bond donors (Lipinski definition) is 2. The second-order valence-corrected chi connectivity index (χ2v) is 5.95. The van der Waals surface area contributed by atoms with Crippen molar-refractivity contribution in [3.8, 4) is 0 Å². The molecule has 0 fully saturated rings. The van der Waals surface area contributed by atoms with Crippen LogP contribution in [-0.4, -0.2) is 42.8 Å². The average molecular weight is 329 g/mol. The van der Waals surface area contributed by atoms with Gasteiger partial charge < -0.3 is 10.4 Å². The van der Waals surface area contributed by atoms with E-state index in [2.05, 4.69) is 64.3 Å². The maximum atomic E-state index is 9.09. The molecule has 19 heavy (non-hydrogen) atoms. The van der Waals surface area contributed by atoms with E-state index < -0.39 is 0 Å². The van der Waals surface area contributed by atoms with Crippen LogP contribution in [0.2, 0.25) is 0 Å². The Balaban J connectivity index is 2.59. The summed E-state index contributed by atoms with van der Waals surface area (Å²) < 4.78 is 1.11. The summed E-state index contributed by atoms with van der Waals surface area (Å²) in [5.41, 5.74) is 1.30. The number of nitrogens with zero attached hydrogens (tertiary/aromatic N) is 1. The fourth-order valence-electron chi connectivity index (χ4n) is 2.22. The fourth-order valence-corrected chi connectivity index (χ4v) is 2.49. The Labute approximate surface area is 125 Å². The van der Waals surface area contributed by atoms with Gasteiger partial charge in [-0.1, -0.05) is 28.1 Å². The molecule has 0 aliphatic heterocycles. The van der Waals surface area contributed by atoms with Crippen molar-refractivity contribution in [2.24, 2.45) is 0 Å². The number of nitrogens with one attached hydrogen (secondary N) is 1. The molecule has 0 saturated heterocycles. The Kier molecular flexibility index (Phi) is 7.61. The first-order valence-corrected chi connectivity index (χ1v) is 7.65. The highest BCUT2D eigenvalue weighted by Gasteiger charge is 2.13. The van der Waals surface area contributed by atoms with Gasteiger partial charge in [0.25, 0.3) is 0 Å². The third kappa shape index (κ3) is 5.61. The molecule has 0 aromatic heterocycles. The van der Waals surface area contributed by atoms with E-state index in [-0.39, 0.29) is 6.61 Å². The quantitative estimate of drug-likeness (QED) is 0.770. The molecule has 1 rings (SSSR count). The lowest BCUT2D eigenvalue weighted by atomic mass is 10.0. The summed E-state index contributed by atoms with van der Waals surface area (Å²) >= 11 is 3.46. The van der Waals surface area contributed by atoms with E-state index in [9.17, 15) is 0 Å². The van der Waals surface area contributed by atoms with Crippen LogP contribution >= 0.6 is 15.9 Å². The van der Waals surface area contributed by atoms with E-state index in [1.165, 1.54) is 5.56 Å². The first-order chi connectivity index (χ1) is 9.08. The molecule has 1 atom stereocenters. The topological polar surface area (TPSA) is 35.5 Å². The molecule has 0 amide bonds. The number of hydrogen-bond acceptors (Lipinski definition) is 3. The Bertz CT molecular complexity index is 354. The summed E-state index contributed by atoms with van der Waals surface area (Å²) in [4.78, 5) is 2.31. The lowest BCUT2D eigenvalue weighted by Gasteiger charge is -2.28. The van der Waals surface area contributed by atoms with Gasteiger partial charge in [-0.25, -0.2) is 0 Å². The molecule has 0 bridgehead atoms. The van der Waals surface area contributed by atoms with Crippen LogP contribution in [0.25, 0.3) is 0 Å². The van der Waals surface area contributed by atoms with Gasteiger partial charge in [0.1, 0.15) is 0 Å². The smallest absolute Gasteiger partial charge is 0.0558 e. The van der Waals surface area contributed by atoms with Gasteiger partial charge >= 0.3 is 0 Å². The molecule has 0 spiro atoms. The molecule has 3 nitrogen and oxygen atoms in total. The van der Waals surface area contributed by atoms with Crippen LogP contribution in [0.3, 0.4) is 0 Å². The highest BCUT2D eigenvalue weighted by atomic mass is 79.9. The summed E-state index contributed by atoms with van der Waals surface area (Å²) in [5.74, 6) is 0. The molecule has 2 N–H and O–H groups in total. The summed E-state index contributed by atoms with van der Waals surface area (Å²) in [6.45, 7) is 6.29. The molecule has 108 valence electrons. The van der Waals surface area contributed by atoms with Crippen molar-refractivity contribution in [2.75, 3.05) is 26.7 Å². The summed E-state index contributed by atoms with van der Waals surface area (Å²) in [6.07, 6.45) is 1.04. The normalized spacial score (nSPS) is 13.2. The molecule has 0 aliphatic carbocycles. The molecule has 0 radical (unpaired) electrons. The maximum Gasteiger partial charge on any atom is 0.0558 e. The minimum Gasteiger partial charge on any atom is -0.395 e. The van der Waals surface area contributed by atoms with E-state index in [1.807, 2.05) is 7.05 Å². The zero-order valence-corrected chi connectivity index (χ0v) is 13.7. The van der Waals surface area contributed by atoms with Crippen molar-refractivity contribution in [2.45, 2.75) is 32.4 Å². The number of aliphatic hydroxyl groups is 1. The van der Waals surface area contributed by atoms with Crippen molar-refractivity contribution in [1.82, 2.24) is 10.2 Å². The predicted octanol–water partition coefficient (Wildman–Crippen LogP) is 2.80. The SMILES string of the molecule is CNC(CCN(CCO)C(C)C)c1ccc(Br)cc1. The van der Waals surface area contributed by atoms with Crippen molar-refractivity contribution in [3.05, 3.63) is 34.3 Å². The Morgan fingerprint density at radius 1 is 1.21 bits per heavy atom. The molecule has 4 heteroatoms. The number of benzene rings is 1. The van der Waals surface area contributed by atoms with Gasteiger partial charge in [0.05, 0.1) is 6.61 Å². The van der Waals surface area contributed by atoms with E-state index in [4.69, 9.17) is 5.11 Å². The van der Waals surface area contributed by atoms with Crippen LogP contribution in [0, 0.1) is 0 Å². The average Bonchev–Trinajstić information content (AvgIpc) is 2.39. The Morgan fingerprint density at radius 2 is 1.84 bits per heavy atom. The van der Waals surface area contributed by atoms with E-state index in [0.29, 0.717) is 12.1 Å². The number of halogens is 1. The lowest BCUT2D eigenvalue weighted by Crippen LogP contribution is -2.36. The molecule has 1 aromatic carbocycles. The highest BCUT2D eigenvalue weighted by molar-refractivity contribution is 9.10. The van der Waals surface area contributed by atoms with Crippen molar-refractivity contribution < 1.29 is 5.11 Å². The second-order valence-electron chi connectivity index (χ2n) is 5.03. The molecule has 0 aliphatic rings. The predicted molar refractivity (Wildman–Crippen MR) is 84.4 cm³/mol. The van der Waals surface area contributed by atoms with Crippen LogP contribution < -0.4 is 5.32 Å². The van der Waals surface area contributed by atoms with E-state index in [0.717, 1.165) is 24.0 Å². The summed E-state index contributed by atoms with van der Waals surface area (Å²) in [7, 11) is 2.00. The van der Waals surface area contributed by atoms with Crippen LogP contribution in [-0.2, 0) is 0 Å². The van der Waals surface area contributed by atoms with Gasteiger partial charge in [0.2, 0.25) is 0 Å². The molecular formula is C15H25BrN2O. The second kappa shape index (κ2) is 8.69. The molecule has 0 saturated carbocycles. The molecule has 1 unspecified atom stereocenters. The minimum atomic E-state index is 0.223. The minimum absolute atomic E-state index is 0.223. The van der Waals surface area contributed by atoms with Crippen LogP contribution in [0.4, 0.5) is 0 Å². The van der Waals surface area contributed by atoms with Crippen molar-refractivity contribution >= 4 is 15.9 Å². The first kappa shape index (κ1) is 16.6. The molecule has 0 heterocycles. The molecular weight excluding hydrogens is 304 g/mol. The van der Waals surface area contributed by atoms with Crippen LogP contribution in [0.5, 0.6) is 0 Å². The Hall–Kier alpha value is -0.420. The first-order valence-electron chi connectivity index (χ1n) is 6.86. The van der Waals surface area contributed by atoms with Gasteiger partial charge in [-0.05, 0) is 45.0 Å². The number of rotatable bonds is 8. The van der Waals surface area contributed by atoms with Crippen LogP contribution in [0.15, 0.2) is 28.7 Å². The van der Waals surface area contributed by atoms with Gasteiger partial charge in [-0.15, -0.1) is 0 Å².